The molecule has 2 atom stereocenters. The first-order valence-corrected chi connectivity index (χ1v) is 10.9. The molecule has 3 aromatic rings. The first kappa shape index (κ1) is 17.7. The molecule has 1 aliphatic carbocycles. The van der Waals surface area contributed by atoms with E-state index >= 15 is 0 Å². The van der Waals surface area contributed by atoms with Gasteiger partial charge in [-0.2, -0.15) is 4.98 Å². The quantitative estimate of drug-likeness (QED) is 0.478. The molecule has 0 unspecified atom stereocenters. The van der Waals surface area contributed by atoms with Crippen molar-refractivity contribution in [3.63, 3.8) is 0 Å². The van der Waals surface area contributed by atoms with E-state index in [1.165, 1.54) is 12.3 Å². The second-order valence-electron chi connectivity index (χ2n) is 8.01. The number of carboxylic acid groups (broad SMARTS) is 1. The highest BCUT2D eigenvalue weighted by Crippen LogP contribution is 2.30. The van der Waals surface area contributed by atoms with Gasteiger partial charge in [-0.1, -0.05) is 5.21 Å². The minimum absolute atomic E-state index is 0.181. The zero-order chi connectivity index (χ0) is 28.4. The first-order valence-electron chi connectivity index (χ1n) is 13.4. The minimum atomic E-state index is -3.02. The SMILES string of the molecule is [2H]C([2H])([2H])C([2H])([2H])Oc1nccc(NCc2c(-c3ccc(O[C@H]4CCC[C@H](C(=O)O)C4)c(C)n3)nnn2C)n1. The van der Waals surface area contributed by atoms with Gasteiger partial charge in [0.2, 0.25) is 0 Å². The van der Waals surface area contributed by atoms with E-state index in [0.717, 1.165) is 12.8 Å². The molecule has 3 heterocycles. The van der Waals surface area contributed by atoms with E-state index in [-0.39, 0.29) is 18.5 Å². The Morgan fingerprint density at radius 3 is 3.03 bits per heavy atom. The van der Waals surface area contributed by atoms with Crippen LogP contribution in [0.5, 0.6) is 11.8 Å². The summed E-state index contributed by atoms with van der Waals surface area (Å²) in [5, 5.41) is 20.7. The van der Waals surface area contributed by atoms with Crippen LogP contribution in [-0.2, 0) is 18.4 Å². The maximum absolute atomic E-state index is 11.4. The predicted molar refractivity (Wildman–Crippen MR) is 124 cm³/mol. The van der Waals surface area contributed by atoms with E-state index in [9.17, 15) is 9.90 Å². The van der Waals surface area contributed by atoms with Crippen molar-refractivity contribution in [3.8, 4) is 23.1 Å². The van der Waals surface area contributed by atoms with Crippen LogP contribution in [0.2, 0.25) is 0 Å². The number of nitrogens with one attached hydrogen (secondary N) is 1. The molecular weight excluding hydrogens is 438 g/mol. The number of carboxylic acids is 1. The number of rotatable bonds is 9. The van der Waals surface area contributed by atoms with Gasteiger partial charge in [-0.25, -0.2) is 14.6 Å². The molecule has 0 aliphatic heterocycles. The third-order valence-electron chi connectivity index (χ3n) is 5.70. The fraction of sp³-hybridized carbons (Fsp3) is 0.478. The van der Waals surface area contributed by atoms with Crippen molar-refractivity contribution in [2.45, 2.75) is 52.1 Å². The summed E-state index contributed by atoms with van der Waals surface area (Å²) in [6, 6.07) is 4.66. The Morgan fingerprint density at radius 2 is 2.24 bits per heavy atom. The number of hydrogen-bond acceptors (Lipinski definition) is 9. The van der Waals surface area contributed by atoms with Gasteiger partial charge in [0.25, 0.3) is 0 Å². The number of anilines is 1. The molecule has 34 heavy (non-hydrogen) atoms. The smallest absolute Gasteiger partial charge is 0.318 e. The van der Waals surface area contributed by atoms with Gasteiger partial charge in [-0.15, -0.1) is 5.10 Å². The van der Waals surface area contributed by atoms with E-state index in [1.54, 1.807) is 23.9 Å². The molecule has 0 radical (unpaired) electrons. The van der Waals surface area contributed by atoms with Gasteiger partial charge in [-0.3, -0.25) is 4.79 Å². The van der Waals surface area contributed by atoms with Crippen LogP contribution in [0.15, 0.2) is 24.4 Å². The Bertz CT molecular complexity index is 1330. The van der Waals surface area contributed by atoms with E-state index < -0.39 is 31.3 Å². The molecule has 11 nitrogen and oxygen atoms in total. The molecule has 11 heteroatoms. The number of aromatic nitrogens is 6. The molecule has 0 saturated heterocycles. The second-order valence-corrected chi connectivity index (χ2v) is 8.01. The van der Waals surface area contributed by atoms with Crippen LogP contribution in [0, 0.1) is 12.8 Å². The maximum atomic E-state index is 11.4. The molecule has 3 aromatic heterocycles. The molecule has 0 amide bonds. The lowest BCUT2D eigenvalue weighted by atomic mass is 9.87. The predicted octanol–water partition coefficient (Wildman–Crippen LogP) is 3.01. The van der Waals surface area contributed by atoms with Crippen LogP contribution in [0.4, 0.5) is 5.82 Å². The summed E-state index contributed by atoms with van der Waals surface area (Å²) in [6.45, 7) is -3.96. The Labute approximate surface area is 204 Å². The molecular formula is C23H29N7O4. The zero-order valence-corrected chi connectivity index (χ0v) is 18.9. The number of aliphatic carboxylic acids is 1. The van der Waals surface area contributed by atoms with Crippen LogP contribution < -0.4 is 14.8 Å². The van der Waals surface area contributed by atoms with Gasteiger partial charge in [-0.05, 0) is 57.7 Å². The van der Waals surface area contributed by atoms with E-state index in [4.69, 9.17) is 16.3 Å². The van der Waals surface area contributed by atoms with Crippen molar-refractivity contribution in [2.24, 2.45) is 13.0 Å². The van der Waals surface area contributed by atoms with Gasteiger partial charge in [0.1, 0.15) is 17.3 Å². The van der Waals surface area contributed by atoms with E-state index in [0.29, 0.717) is 41.4 Å². The number of aryl methyl sites for hydroxylation is 2. The molecule has 0 aromatic carbocycles. The van der Waals surface area contributed by atoms with Crippen molar-refractivity contribution >= 4 is 11.8 Å². The third-order valence-corrected chi connectivity index (χ3v) is 5.70. The van der Waals surface area contributed by atoms with Crippen LogP contribution in [-0.4, -0.2) is 53.7 Å². The Morgan fingerprint density at radius 1 is 1.35 bits per heavy atom. The van der Waals surface area contributed by atoms with Crippen LogP contribution >= 0.6 is 0 Å². The van der Waals surface area contributed by atoms with Crippen molar-refractivity contribution in [1.29, 1.82) is 0 Å². The molecule has 180 valence electrons. The Hall–Kier alpha value is -3.76. The van der Waals surface area contributed by atoms with Crippen molar-refractivity contribution in [3.05, 3.63) is 35.8 Å². The number of nitrogens with zero attached hydrogens (tertiary/aromatic N) is 6. The highest BCUT2D eigenvalue weighted by Gasteiger charge is 2.28. The van der Waals surface area contributed by atoms with Gasteiger partial charge < -0.3 is 19.9 Å². The van der Waals surface area contributed by atoms with E-state index in [1.807, 2.05) is 6.92 Å². The molecule has 1 aliphatic rings. The summed E-state index contributed by atoms with van der Waals surface area (Å²) in [5.41, 5.74) is 2.39. The van der Waals surface area contributed by atoms with Gasteiger partial charge in [0.15, 0.2) is 0 Å². The van der Waals surface area contributed by atoms with Crippen LogP contribution in [0.25, 0.3) is 11.4 Å². The summed E-state index contributed by atoms with van der Waals surface area (Å²) in [4.78, 5) is 23.9. The number of carbonyl (C=O) groups is 1. The fourth-order valence-corrected chi connectivity index (χ4v) is 3.94. The van der Waals surface area contributed by atoms with Crippen LogP contribution in [0.1, 0.15) is 50.8 Å². The summed E-state index contributed by atoms with van der Waals surface area (Å²) >= 11 is 0. The summed E-state index contributed by atoms with van der Waals surface area (Å²) < 4.78 is 49.6. The molecule has 0 spiro atoms. The largest absolute Gasteiger partial charge is 0.489 e. The lowest BCUT2D eigenvalue weighted by Crippen LogP contribution is -2.29. The van der Waals surface area contributed by atoms with Gasteiger partial charge >= 0.3 is 12.0 Å². The van der Waals surface area contributed by atoms with Gasteiger partial charge in [0, 0.05) is 17.4 Å². The zero-order valence-electron chi connectivity index (χ0n) is 23.9. The molecule has 1 saturated carbocycles. The van der Waals surface area contributed by atoms with Crippen molar-refractivity contribution in [1.82, 2.24) is 29.9 Å². The minimum Gasteiger partial charge on any atom is -0.489 e. The fourth-order valence-electron chi connectivity index (χ4n) is 3.94. The van der Waals surface area contributed by atoms with Crippen molar-refractivity contribution < 1.29 is 26.2 Å². The lowest BCUT2D eigenvalue weighted by Gasteiger charge is -2.27. The summed E-state index contributed by atoms with van der Waals surface area (Å²) in [6.07, 6.45) is 3.86. The van der Waals surface area contributed by atoms with Crippen LogP contribution in [0.3, 0.4) is 0 Å². The van der Waals surface area contributed by atoms with Crippen molar-refractivity contribution in [2.75, 3.05) is 11.9 Å². The van der Waals surface area contributed by atoms with E-state index in [2.05, 4.69) is 30.6 Å². The molecule has 4 rings (SSSR count). The number of ether oxygens (including phenoxy) is 2. The summed E-state index contributed by atoms with van der Waals surface area (Å²) in [7, 11) is 1.72. The molecule has 0 bridgehead atoms. The highest BCUT2D eigenvalue weighted by atomic mass is 16.5. The lowest BCUT2D eigenvalue weighted by molar-refractivity contribution is -0.143. The topological polar surface area (TPSA) is 137 Å². The second kappa shape index (κ2) is 10.4. The molecule has 1 fully saturated rings. The Balaban J connectivity index is 1.46. The first-order chi connectivity index (χ1) is 18.3. The standard InChI is InChI=1S/C23H29N7O4/c1-4-33-23-24-11-10-20(27-23)25-13-18-21(28-29-30(18)3)17-8-9-19(14(2)26-17)34-16-7-5-6-15(12-16)22(31)32/h8-11,15-16H,4-7,12-13H2,1-3H3,(H,31,32)(H,24,25,27)/t15-,16-/m0/s1/i1D3,4D2. The Kier molecular flexibility index (Phi) is 5.43. The summed E-state index contributed by atoms with van der Waals surface area (Å²) in [5.74, 6) is -0.330. The monoisotopic (exact) mass is 472 g/mol. The number of hydrogen-bond donors (Lipinski definition) is 2. The average Bonchev–Trinajstić information content (AvgIpc) is 3.23. The number of pyridine rings is 1. The third kappa shape index (κ3) is 5.41. The normalized spacial score (nSPS) is 20.8. The average molecular weight is 473 g/mol. The molecule has 2 N–H and O–H groups in total. The highest BCUT2D eigenvalue weighted by molar-refractivity contribution is 5.70. The maximum Gasteiger partial charge on any atom is 0.318 e. The van der Waals surface area contributed by atoms with Gasteiger partial charge in [0.05, 0.1) is 44.9 Å².